The Morgan fingerprint density at radius 1 is 1.35 bits per heavy atom. The van der Waals surface area contributed by atoms with E-state index in [9.17, 15) is 4.79 Å². The first-order chi connectivity index (χ1) is 10.9. The molecule has 1 aliphatic heterocycles. The standard InChI is InChI=1S/C17H19N3O3/c1-17(2,3)23-16(21)20-9-12(10-20)22-14-5-4-11(8-18)15-13(14)6-7-19-15/h4-7,12,19H,9-10H2,1-3H3. The highest BCUT2D eigenvalue weighted by Gasteiger charge is 2.35. The van der Waals surface area contributed by atoms with Gasteiger partial charge in [0, 0.05) is 11.6 Å². The van der Waals surface area contributed by atoms with Crippen LogP contribution in [0.25, 0.3) is 10.9 Å². The van der Waals surface area contributed by atoms with E-state index in [0.29, 0.717) is 24.4 Å². The van der Waals surface area contributed by atoms with Crippen LogP contribution in [0.15, 0.2) is 24.4 Å². The van der Waals surface area contributed by atoms with Crippen LogP contribution in [0.3, 0.4) is 0 Å². The maximum absolute atomic E-state index is 11.9. The fraction of sp³-hybridized carbons (Fsp3) is 0.412. The quantitative estimate of drug-likeness (QED) is 0.924. The highest BCUT2D eigenvalue weighted by molar-refractivity contribution is 5.90. The molecule has 1 N–H and O–H groups in total. The van der Waals surface area contributed by atoms with Gasteiger partial charge in [-0.05, 0) is 39.0 Å². The van der Waals surface area contributed by atoms with E-state index in [1.54, 1.807) is 23.2 Å². The van der Waals surface area contributed by atoms with Crippen molar-refractivity contribution in [2.24, 2.45) is 0 Å². The molecule has 2 heterocycles. The summed E-state index contributed by atoms with van der Waals surface area (Å²) in [6.45, 7) is 6.54. The number of hydrogen-bond acceptors (Lipinski definition) is 4. The van der Waals surface area contributed by atoms with Crippen molar-refractivity contribution in [2.45, 2.75) is 32.5 Å². The maximum Gasteiger partial charge on any atom is 0.410 e. The molecule has 1 amide bonds. The Hall–Kier alpha value is -2.68. The van der Waals surface area contributed by atoms with E-state index < -0.39 is 5.60 Å². The van der Waals surface area contributed by atoms with Gasteiger partial charge in [0.25, 0.3) is 0 Å². The normalized spacial score (nSPS) is 15.1. The number of aromatic amines is 1. The number of ether oxygens (including phenoxy) is 2. The summed E-state index contributed by atoms with van der Waals surface area (Å²) in [6.07, 6.45) is 1.41. The van der Waals surface area contributed by atoms with Crippen LogP contribution in [0.1, 0.15) is 26.3 Å². The number of rotatable bonds is 2. The fourth-order valence-electron chi connectivity index (χ4n) is 2.49. The van der Waals surface area contributed by atoms with Crippen molar-refractivity contribution >= 4 is 17.0 Å². The lowest BCUT2D eigenvalue weighted by Crippen LogP contribution is -2.57. The Balaban J connectivity index is 1.64. The smallest absolute Gasteiger partial charge is 0.410 e. The number of benzene rings is 1. The van der Waals surface area contributed by atoms with Gasteiger partial charge in [-0.3, -0.25) is 0 Å². The number of aromatic nitrogens is 1. The van der Waals surface area contributed by atoms with Gasteiger partial charge in [-0.1, -0.05) is 0 Å². The van der Waals surface area contributed by atoms with Crippen LogP contribution in [0.2, 0.25) is 0 Å². The van der Waals surface area contributed by atoms with Gasteiger partial charge in [0.2, 0.25) is 0 Å². The minimum atomic E-state index is -0.493. The molecule has 1 saturated heterocycles. The second-order valence-electron chi connectivity index (χ2n) is 6.61. The van der Waals surface area contributed by atoms with Crippen LogP contribution in [0.4, 0.5) is 4.79 Å². The van der Waals surface area contributed by atoms with Crippen molar-refractivity contribution < 1.29 is 14.3 Å². The molecule has 1 aromatic carbocycles. The molecule has 0 bridgehead atoms. The van der Waals surface area contributed by atoms with Crippen molar-refractivity contribution in [1.29, 1.82) is 5.26 Å². The van der Waals surface area contributed by atoms with Gasteiger partial charge in [0.1, 0.15) is 23.5 Å². The Morgan fingerprint density at radius 3 is 2.74 bits per heavy atom. The number of nitriles is 1. The summed E-state index contributed by atoms with van der Waals surface area (Å²) in [5.41, 5.74) is 0.864. The predicted octanol–water partition coefficient (Wildman–Crippen LogP) is 3.04. The molecule has 0 atom stereocenters. The fourth-order valence-corrected chi connectivity index (χ4v) is 2.49. The largest absolute Gasteiger partial charge is 0.486 e. The van der Waals surface area contributed by atoms with Crippen molar-refractivity contribution in [3.05, 3.63) is 30.0 Å². The van der Waals surface area contributed by atoms with Crippen molar-refractivity contribution in [2.75, 3.05) is 13.1 Å². The minimum Gasteiger partial charge on any atom is -0.486 e. The molecular weight excluding hydrogens is 294 g/mol. The Labute approximate surface area is 134 Å². The first kappa shape index (κ1) is 15.2. The summed E-state index contributed by atoms with van der Waals surface area (Å²) in [5, 5.41) is 9.98. The van der Waals surface area contributed by atoms with Crippen molar-refractivity contribution in [3.63, 3.8) is 0 Å². The van der Waals surface area contributed by atoms with E-state index in [1.807, 2.05) is 26.8 Å². The van der Waals surface area contributed by atoms with Crippen LogP contribution in [0.5, 0.6) is 5.75 Å². The van der Waals surface area contributed by atoms with Crippen LogP contribution in [-0.2, 0) is 4.74 Å². The van der Waals surface area contributed by atoms with Gasteiger partial charge in [-0.25, -0.2) is 4.79 Å². The second kappa shape index (κ2) is 5.51. The number of nitrogens with one attached hydrogen (secondary N) is 1. The van der Waals surface area contributed by atoms with E-state index in [2.05, 4.69) is 11.1 Å². The van der Waals surface area contributed by atoms with Gasteiger partial charge < -0.3 is 19.4 Å². The lowest BCUT2D eigenvalue weighted by Gasteiger charge is -2.39. The summed E-state index contributed by atoms with van der Waals surface area (Å²) in [7, 11) is 0. The molecule has 1 fully saturated rings. The van der Waals surface area contributed by atoms with Crippen molar-refractivity contribution in [1.82, 2.24) is 9.88 Å². The summed E-state index contributed by atoms with van der Waals surface area (Å²) in [6, 6.07) is 7.57. The molecule has 23 heavy (non-hydrogen) atoms. The van der Waals surface area contributed by atoms with Crippen LogP contribution < -0.4 is 4.74 Å². The van der Waals surface area contributed by atoms with Crippen LogP contribution in [-0.4, -0.2) is 40.8 Å². The number of amides is 1. The molecule has 0 saturated carbocycles. The van der Waals surface area contributed by atoms with Gasteiger partial charge in [-0.2, -0.15) is 5.26 Å². The number of carbonyl (C=O) groups is 1. The van der Waals surface area contributed by atoms with Gasteiger partial charge >= 0.3 is 6.09 Å². The summed E-state index contributed by atoms with van der Waals surface area (Å²) >= 11 is 0. The molecule has 1 aromatic heterocycles. The van der Waals surface area contributed by atoms with E-state index in [-0.39, 0.29) is 12.2 Å². The molecule has 0 unspecified atom stereocenters. The Morgan fingerprint density at radius 2 is 2.09 bits per heavy atom. The highest BCUT2D eigenvalue weighted by atomic mass is 16.6. The van der Waals surface area contributed by atoms with Crippen molar-refractivity contribution in [3.8, 4) is 11.8 Å². The topological polar surface area (TPSA) is 78.3 Å². The summed E-state index contributed by atoms with van der Waals surface area (Å²) in [4.78, 5) is 16.6. The van der Waals surface area contributed by atoms with E-state index >= 15 is 0 Å². The third kappa shape index (κ3) is 3.09. The zero-order valence-corrected chi connectivity index (χ0v) is 13.4. The van der Waals surface area contributed by atoms with E-state index in [4.69, 9.17) is 14.7 Å². The van der Waals surface area contributed by atoms with Gasteiger partial charge in [0.05, 0.1) is 24.2 Å². The molecule has 2 aromatic rings. The second-order valence-corrected chi connectivity index (χ2v) is 6.61. The Kier molecular flexibility index (Phi) is 3.64. The minimum absolute atomic E-state index is 0.0615. The number of fused-ring (bicyclic) bond motifs is 1. The van der Waals surface area contributed by atoms with Crippen LogP contribution in [0, 0.1) is 11.3 Å². The molecule has 6 heteroatoms. The number of carbonyl (C=O) groups excluding carboxylic acids is 1. The molecule has 3 rings (SSSR count). The highest BCUT2D eigenvalue weighted by Crippen LogP contribution is 2.30. The number of likely N-dealkylation sites (tertiary alicyclic amines) is 1. The zero-order valence-electron chi connectivity index (χ0n) is 13.4. The average molecular weight is 313 g/mol. The SMILES string of the molecule is CC(C)(C)OC(=O)N1CC(Oc2ccc(C#N)c3[nH]ccc23)C1. The summed E-state index contributed by atoms with van der Waals surface area (Å²) in [5.74, 6) is 0.717. The molecule has 0 radical (unpaired) electrons. The molecular formula is C17H19N3O3. The third-order valence-corrected chi connectivity index (χ3v) is 3.60. The molecule has 0 aliphatic carbocycles. The van der Waals surface area contributed by atoms with E-state index in [0.717, 1.165) is 10.9 Å². The Bertz CT molecular complexity index is 776. The lowest BCUT2D eigenvalue weighted by atomic mass is 10.1. The maximum atomic E-state index is 11.9. The molecule has 0 spiro atoms. The first-order valence-electron chi connectivity index (χ1n) is 7.52. The monoisotopic (exact) mass is 313 g/mol. The average Bonchev–Trinajstić information content (AvgIpc) is 2.89. The number of nitrogens with zero attached hydrogens (tertiary/aromatic N) is 2. The van der Waals surface area contributed by atoms with Crippen LogP contribution >= 0.6 is 0 Å². The number of hydrogen-bond donors (Lipinski definition) is 1. The predicted molar refractivity (Wildman–Crippen MR) is 85.2 cm³/mol. The third-order valence-electron chi connectivity index (χ3n) is 3.60. The molecule has 120 valence electrons. The number of H-pyrrole nitrogens is 1. The summed E-state index contributed by atoms with van der Waals surface area (Å²) < 4.78 is 11.3. The zero-order chi connectivity index (χ0) is 16.6. The molecule has 1 aliphatic rings. The van der Waals surface area contributed by atoms with E-state index in [1.165, 1.54) is 0 Å². The van der Waals surface area contributed by atoms with Gasteiger partial charge in [0.15, 0.2) is 0 Å². The molecule has 6 nitrogen and oxygen atoms in total. The van der Waals surface area contributed by atoms with Gasteiger partial charge in [-0.15, -0.1) is 0 Å². The lowest BCUT2D eigenvalue weighted by molar-refractivity contribution is -0.0217. The first-order valence-corrected chi connectivity index (χ1v) is 7.52.